The fourth-order valence-electron chi connectivity index (χ4n) is 2.25. The van der Waals surface area contributed by atoms with Crippen LogP contribution in [0.3, 0.4) is 0 Å². The Hall–Kier alpha value is -1.06. The van der Waals surface area contributed by atoms with Crippen LogP contribution in [0.1, 0.15) is 17.2 Å². The van der Waals surface area contributed by atoms with Crippen molar-refractivity contribution in [1.82, 2.24) is 0 Å². The van der Waals surface area contributed by atoms with Gasteiger partial charge in [-0.15, -0.1) is 11.3 Å². The molecule has 0 amide bonds. The van der Waals surface area contributed by atoms with E-state index in [-0.39, 0.29) is 6.04 Å². The average molecular weight is 308 g/mol. The molecule has 1 nitrogen and oxygen atoms in total. The van der Waals surface area contributed by atoms with Gasteiger partial charge in [0, 0.05) is 5.56 Å². The van der Waals surface area contributed by atoms with Crippen LogP contribution in [-0.4, -0.2) is 0 Å². The van der Waals surface area contributed by atoms with Gasteiger partial charge in [0.25, 0.3) is 0 Å². The van der Waals surface area contributed by atoms with Crippen LogP contribution in [0.25, 0.3) is 10.8 Å². The van der Waals surface area contributed by atoms with Gasteiger partial charge in [-0.05, 0) is 22.4 Å². The van der Waals surface area contributed by atoms with E-state index in [9.17, 15) is 0 Å². The van der Waals surface area contributed by atoms with Gasteiger partial charge in [-0.25, -0.2) is 0 Å². The smallest absolute Gasteiger partial charge is 0.0995 e. The van der Waals surface area contributed by atoms with E-state index >= 15 is 0 Å². The molecule has 0 aliphatic rings. The SMILES string of the molecule is NC(c1cc(Cl)sc1Cl)c1cccc2ccccc12. The van der Waals surface area contributed by atoms with Gasteiger partial charge in [0.2, 0.25) is 0 Å². The number of nitrogens with two attached hydrogens (primary N) is 1. The molecule has 0 aliphatic carbocycles. The molecule has 2 aromatic carbocycles. The second-order valence-electron chi connectivity index (χ2n) is 4.33. The van der Waals surface area contributed by atoms with Crippen LogP contribution >= 0.6 is 34.5 Å². The van der Waals surface area contributed by atoms with E-state index in [1.165, 1.54) is 16.7 Å². The molecule has 0 bridgehead atoms. The zero-order valence-corrected chi connectivity index (χ0v) is 12.3. The molecular weight excluding hydrogens is 297 g/mol. The minimum absolute atomic E-state index is 0.262. The van der Waals surface area contributed by atoms with Crippen LogP contribution in [0.15, 0.2) is 48.5 Å². The molecule has 3 aromatic rings. The van der Waals surface area contributed by atoms with E-state index in [2.05, 4.69) is 18.2 Å². The van der Waals surface area contributed by atoms with Gasteiger partial charge in [-0.2, -0.15) is 0 Å². The summed E-state index contributed by atoms with van der Waals surface area (Å²) in [4.78, 5) is 0. The summed E-state index contributed by atoms with van der Waals surface area (Å²) in [7, 11) is 0. The van der Waals surface area contributed by atoms with E-state index in [0.29, 0.717) is 8.67 Å². The van der Waals surface area contributed by atoms with Gasteiger partial charge >= 0.3 is 0 Å². The second-order valence-corrected chi connectivity index (χ2v) is 6.61. The van der Waals surface area contributed by atoms with Crippen LogP contribution in [0.2, 0.25) is 8.67 Å². The van der Waals surface area contributed by atoms with E-state index < -0.39 is 0 Å². The Bertz CT molecular complexity index is 731. The van der Waals surface area contributed by atoms with Crippen LogP contribution in [-0.2, 0) is 0 Å². The molecule has 0 spiro atoms. The number of hydrogen-bond acceptors (Lipinski definition) is 2. The first kappa shape index (κ1) is 12.9. The second kappa shape index (κ2) is 5.14. The Morgan fingerprint density at radius 3 is 2.42 bits per heavy atom. The van der Waals surface area contributed by atoms with Gasteiger partial charge in [-0.1, -0.05) is 65.7 Å². The van der Waals surface area contributed by atoms with E-state index in [1.807, 2.05) is 30.3 Å². The predicted octanol–water partition coefficient (Wildman–Crippen LogP) is 5.26. The maximum Gasteiger partial charge on any atom is 0.0995 e. The fraction of sp³-hybridized carbons (Fsp3) is 0.0667. The van der Waals surface area contributed by atoms with Crippen molar-refractivity contribution in [3.8, 4) is 0 Å². The van der Waals surface area contributed by atoms with Crippen molar-refractivity contribution in [2.75, 3.05) is 0 Å². The molecule has 1 aromatic heterocycles. The van der Waals surface area contributed by atoms with Gasteiger partial charge < -0.3 is 5.73 Å². The van der Waals surface area contributed by atoms with Crippen molar-refractivity contribution in [2.45, 2.75) is 6.04 Å². The highest BCUT2D eigenvalue weighted by Gasteiger charge is 2.17. The molecule has 0 aliphatic heterocycles. The van der Waals surface area contributed by atoms with Gasteiger partial charge in [0.1, 0.15) is 0 Å². The van der Waals surface area contributed by atoms with Gasteiger partial charge in [-0.3, -0.25) is 0 Å². The van der Waals surface area contributed by atoms with Crippen molar-refractivity contribution in [1.29, 1.82) is 0 Å². The zero-order valence-electron chi connectivity index (χ0n) is 9.94. The number of fused-ring (bicyclic) bond motifs is 1. The molecule has 2 N–H and O–H groups in total. The number of rotatable bonds is 2. The lowest BCUT2D eigenvalue weighted by Gasteiger charge is -2.14. The molecule has 0 fully saturated rings. The molecule has 3 rings (SSSR count). The molecule has 1 atom stereocenters. The first-order valence-corrected chi connectivity index (χ1v) is 7.42. The normalized spacial score (nSPS) is 12.8. The molecular formula is C15H11Cl2NS. The summed E-state index contributed by atoms with van der Waals surface area (Å²) < 4.78 is 1.32. The van der Waals surface area contributed by atoms with Crippen molar-refractivity contribution >= 4 is 45.3 Å². The molecule has 96 valence electrons. The molecule has 1 unspecified atom stereocenters. The Balaban J connectivity index is 2.16. The highest BCUT2D eigenvalue weighted by Crippen LogP contribution is 2.37. The lowest BCUT2D eigenvalue weighted by atomic mass is 9.96. The van der Waals surface area contributed by atoms with E-state index in [1.54, 1.807) is 0 Å². The van der Waals surface area contributed by atoms with Crippen LogP contribution in [0.4, 0.5) is 0 Å². The summed E-state index contributed by atoms with van der Waals surface area (Å²) in [5.41, 5.74) is 8.31. The third-order valence-electron chi connectivity index (χ3n) is 3.18. The topological polar surface area (TPSA) is 26.0 Å². The standard InChI is InChI=1S/C15H11Cl2NS/c16-13-8-12(15(17)19-13)14(18)11-7-3-5-9-4-1-2-6-10(9)11/h1-8,14H,18H2. The molecule has 0 saturated heterocycles. The van der Waals surface area contributed by atoms with Crippen LogP contribution < -0.4 is 5.73 Å². The highest BCUT2D eigenvalue weighted by molar-refractivity contribution is 7.20. The molecule has 4 heteroatoms. The number of thiophene rings is 1. The Morgan fingerprint density at radius 2 is 1.68 bits per heavy atom. The van der Waals surface area contributed by atoms with Crippen LogP contribution in [0.5, 0.6) is 0 Å². The first-order valence-electron chi connectivity index (χ1n) is 5.85. The fourth-order valence-corrected chi connectivity index (χ4v) is 3.80. The van der Waals surface area contributed by atoms with Crippen molar-refractivity contribution in [3.05, 3.63) is 68.3 Å². The summed E-state index contributed by atoms with van der Waals surface area (Å²) >= 11 is 13.5. The van der Waals surface area contributed by atoms with E-state index in [0.717, 1.165) is 16.5 Å². The average Bonchev–Trinajstić information content (AvgIpc) is 2.76. The summed E-state index contributed by atoms with van der Waals surface area (Å²) in [6.07, 6.45) is 0. The van der Waals surface area contributed by atoms with Crippen LogP contribution in [0, 0.1) is 0 Å². The zero-order chi connectivity index (χ0) is 13.4. The molecule has 19 heavy (non-hydrogen) atoms. The highest BCUT2D eigenvalue weighted by atomic mass is 35.5. The predicted molar refractivity (Wildman–Crippen MR) is 84.3 cm³/mol. The third kappa shape index (κ3) is 2.37. The molecule has 0 saturated carbocycles. The minimum Gasteiger partial charge on any atom is -0.320 e. The number of halogens is 2. The Morgan fingerprint density at radius 1 is 0.947 bits per heavy atom. The van der Waals surface area contributed by atoms with Crippen molar-refractivity contribution in [3.63, 3.8) is 0 Å². The Kier molecular flexibility index (Phi) is 3.50. The largest absolute Gasteiger partial charge is 0.320 e. The maximum absolute atomic E-state index is 6.36. The summed E-state index contributed by atoms with van der Waals surface area (Å²) in [5.74, 6) is 0. The van der Waals surface area contributed by atoms with E-state index in [4.69, 9.17) is 28.9 Å². The number of hydrogen-bond donors (Lipinski definition) is 1. The summed E-state index contributed by atoms with van der Waals surface area (Å²) in [6.45, 7) is 0. The lowest BCUT2D eigenvalue weighted by Crippen LogP contribution is -2.11. The summed E-state index contributed by atoms with van der Waals surface area (Å²) in [5, 5.41) is 2.32. The monoisotopic (exact) mass is 307 g/mol. The number of benzene rings is 2. The molecule has 0 radical (unpaired) electrons. The minimum atomic E-state index is -0.262. The van der Waals surface area contributed by atoms with Gasteiger partial charge in [0.05, 0.1) is 14.7 Å². The third-order valence-corrected chi connectivity index (χ3v) is 4.69. The molecule has 1 heterocycles. The lowest BCUT2D eigenvalue weighted by molar-refractivity contribution is 0.887. The van der Waals surface area contributed by atoms with Crippen molar-refractivity contribution in [2.24, 2.45) is 5.73 Å². The van der Waals surface area contributed by atoms with Gasteiger partial charge in [0.15, 0.2) is 0 Å². The quantitative estimate of drug-likeness (QED) is 0.687. The maximum atomic E-state index is 6.36. The first-order chi connectivity index (χ1) is 9.16. The summed E-state index contributed by atoms with van der Waals surface area (Å²) in [6, 6.07) is 15.9. The Labute approximate surface area is 125 Å². The van der Waals surface area contributed by atoms with Crippen molar-refractivity contribution < 1.29 is 0 Å².